The molecule has 0 radical (unpaired) electrons. The SMILES string of the molecule is CC(C)C[C@H](C(=O)N1CCC(C(F)(F)F)CC1)N1CCCCC1=O. The molecule has 2 saturated heterocycles. The summed E-state index contributed by atoms with van der Waals surface area (Å²) in [7, 11) is 0. The first-order valence-corrected chi connectivity index (χ1v) is 8.85. The van der Waals surface area contributed by atoms with Gasteiger partial charge in [0.2, 0.25) is 11.8 Å². The summed E-state index contributed by atoms with van der Waals surface area (Å²) in [5, 5.41) is 0. The Balaban J connectivity index is 2.04. The molecule has 0 bridgehead atoms. The maximum atomic E-state index is 12.9. The van der Waals surface area contributed by atoms with Crippen molar-refractivity contribution in [2.75, 3.05) is 19.6 Å². The molecule has 2 fully saturated rings. The van der Waals surface area contributed by atoms with Gasteiger partial charge in [0.15, 0.2) is 0 Å². The normalized spacial score (nSPS) is 22.2. The van der Waals surface area contributed by atoms with E-state index in [1.165, 1.54) is 4.90 Å². The molecule has 0 N–H and O–H groups in total. The van der Waals surface area contributed by atoms with Gasteiger partial charge in [-0.2, -0.15) is 13.2 Å². The third-order valence-electron chi connectivity index (χ3n) is 4.99. The van der Waals surface area contributed by atoms with E-state index in [-0.39, 0.29) is 43.7 Å². The Hall–Kier alpha value is -1.27. The topological polar surface area (TPSA) is 40.6 Å². The Morgan fingerprint density at radius 3 is 2.29 bits per heavy atom. The number of carbonyl (C=O) groups is 2. The molecule has 0 aliphatic carbocycles. The molecule has 0 saturated carbocycles. The number of rotatable bonds is 4. The van der Waals surface area contributed by atoms with Crippen LogP contribution in [0.3, 0.4) is 0 Å². The Morgan fingerprint density at radius 2 is 1.79 bits per heavy atom. The fraction of sp³-hybridized carbons (Fsp3) is 0.882. The largest absolute Gasteiger partial charge is 0.391 e. The second kappa shape index (κ2) is 7.74. The summed E-state index contributed by atoms with van der Waals surface area (Å²) in [6.07, 6.45) is -1.54. The van der Waals surface area contributed by atoms with Gasteiger partial charge in [-0.1, -0.05) is 13.8 Å². The molecule has 2 heterocycles. The lowest BCUT2D eigenvalue weighted by Gasteiger charge is -2.40. The number of nitrogens with zero attached hydrogens (tertiary/aromatic N) is 2. The molecular weight excluding hydrogens is 321 g/mol. The van der Waals surface area contributed by atoms with Gasteiger partial charge >= 0.3 is 6.18 Å². The maximum Gasteiger partial charge on any atom is 0.391 e. The lowest BCUT2D eigenvalue weighted by Crippen LogP contribution is -2.54. The molecule has 2 aliphatic rings. The Morgan fingerprint density at radius 1 is 1.17 bits per heavy atom. The van der Waals surface area contributed by atoms with Crippen LogP contribution in [-0.2, 0) is 9.59 Å². The summed E-state index contributed by atoms with van der Waals surface area (Å²) in [6, 6.07) is -0.528. The van der Waals surface area contributed by atoms with Gasteiger partial charge in [0.1, 0.15) is 6.04 Å². The number of carbonyl (C=O) groups excluding carboxylic acids is 2. The lowest BCUT2D eigenvalue weighted by atomic mass is 9.94. The second-order valence-electron chi connectivity index (χ2n) is 7.33. The molecule has 24 heavy (non-hydrogen) atoms. The molecular formula is C17H27F3N2O2. The van der Waals surface area contributed by atoms with E-state index in [9.17, 15) is 22.8 Å². The van der Waals surface area contributed by atoms with E-state index in [4.69, 9.17) is 0 Å². The minimum atomic E-state index is -4.19. The molecule has 138 valence electrons. The highest BCUT2D eigenvalue weighted by atomic mass is 19.4. The zero-order chi connectivity index (χ0) is 17.9. The average molecular weight is 348 g/mol. The van der Waals surface area contributed by atoms with Crippen molar-refractivity contribution in [3.8, 4) is 0 Å². The van der Waals surface area contributed by atoms with Crippen LogP contribution in [0.25, 0.3) is 0 Å². The van der Waals surface area contributed by atoms with Crippen LogP contribution >= 0.6 is 0 Å². The van der Waals surface area contributed by atoms with E-state index < -0.39 is 18.1 Å². The number of hydrogen-bond donors (Lipinski definition) is 0. The summed E-state index contributed by atoms with van der Waals surface area (Å²) in [5.41, 5.74) is 0. The molecule has 0 aromatic heterocycles. The number of likely N-dealkylation sites (tertiary alicyclic amines) is 2. The Bertz CT molecular complexity index is 457. The van der Waals surface area contributed by atoms with Gasteiger partial charge in [0.05, 0.1) is 5.92 Å². The molecule has 2 amide bonds. The highest BCUT2D eigenvalue weighted by Crippen LogP contribution is 2.34. The predicted molar refractivity (Wildman–Crippen MR) is 84.2 cm³/mol. The summed E-state index contributed by atoms with van der Waals surface area (Å²) in [5.74, 6) is -1.27. The van der Waals surface area contributed by atoms with Gasteiger partial charge in [-0.05, 0) is 38.0 Å². The molecule has 2 aliphatic heterocycles. The first kappa shape index (κ1) is 19.1. The molecule has 0 spiro atoms. The van der Waals surface area contributed by atoms with E-state index in [0.29, 0.717) is 19.4 Å². The standard InChI is InChI=1S/C17H27F3N2O2/c1-12(2)11-14(22-8-4-3-5-15(22)23)16(24)21-9-6-13(7-10-21)17(18,19)20/h12-14H,3-11H2,1-2H3/t14-/m1/s1. The quantitative estimate of drug-likeness (QED) is 0.783. The van der Waals surface area contributed by atoms with Crippen molar-refractivity contribution in [2.45, 2.75) is 64.6 Å². The van der Waals surface area contributed by atoms with Crippen molar-refractivity contribution in [1.29, 1.82) is 0 Å². The van der Waals surface area contributed by atoms with E-state index >= 15 is 0 Å². The Labute approximate surface area is 141 Å². The molecule has 4 nitrogen and oxygen atoms in total. The van der Waals surface area contributed by atoms with Crippen LogP contribution in [-0.4, -0.2) is 53.5 Å². The van der Waals surface area contributed by atoms with E-state index in [1.807, 2.05) is 13.8 Å². The second-order valence-corrected chi connectivity index (χ2v) is 7.33. The van der Waals surface area contributed by atoms with Crippen LogP contribution in [0.1, 0.15) is 52.4 Å². The predicted octanol–water partition coefficient (Wildman–Crippen LogP) is 3.21. The molecule has 0 aromatic rings. The van der Waals surface area contributed by atoms with Crippen LogP contribution in [0, 0.1) is 11.8 Å². The molecule has 2 rings (SSSR count). The first-order valence-electron chi connectivity index (χ1n) is 8.85. The van der Waals surface area contributed by atoms with Gasteiger partial charge in [-0.15, -0.1) is 0 Å². The van der Waals surface area contributed by atoms with Crippen LogP contribution in [0.2, 0.25) is 0 Å². The van der Waals surface area contributed by atoms with Crippen molar-refractivity contribution < 1.29 is 22.8 Å². The zero-order valence-corrected chi connectivity index (χ0v) is 14.4. The third-order valence-corrected chi connectivity index (χ3v) is 4.99. The van der Waals surface area contributed by atoms with Crippen molar-refractivity contribution in [1.82, 2.24) is 9.80 Å². The van der Waals surface area contributed by atoms with Crippen molar-refractivity contribution in [3.05, 3.63) is 0 Å². The smallest absolute Gasteiger partial charge is 0.341 e. The van der Waals surface area contributed by atoms with Gasteiger partial charge < -0.3 is 9.80 Å². The van der Waals surface area contributed by atoms with Crippen LogP contribution in [0.15, 0.2) is 0 Å². The summed E-state index contributed by atoms with van der Waals surface area (Å²) in [4.78, 5) is 28.3. The number of alkyl halides is 3. The van der Waals surface area contributed by atoms with E-state index in [1.54, 1.807) is 4.90 Å². The van der Waals surface area contributed by atoms with Crippen LogP contribution in [0.5, 0.6) is 0 Å². The molecule has 0 unspecified atom stereocenters. The minimum absolute atomic E-state index is 0.00886. The van der Waals surface area contributed by atoms with Crippen molar-refractivity contribution in [3.63, 3.8) is 0 Å². The van der Waals surface area contributed by atoms with Gasteiger partial charge in [0.25, 0.3) is 0 Å². The fourth-order valence-electron chi connectivity index (χ4n) is 3.60. The van der Waals surface area contributed by atoms with Gasteiger partial charge in [-0.3, -0.25) is 9.59 Å². The summed E-state index contributed by atoms with van der Waals surface area (Å²) >= 11 is 0. The summed E-state index contributed by atoms with van der Waals surface area (Å²) in [6.45, 7) is 4.80. The van der Waals surface area contributed by atoms with Crippen molar-refractivity contribution in [2.24, 2.45) is 11.8 Å². The third kappa shape index (κ3) is 4.63. The minimum Gasteiger partial charge on any atom is -0.341 e. The number of piperidine rings is 2. The van der Waals surface area contributed by atoms with Crippen LogP contribution in [0.4, 0.5) is 13.2 Å². The van der Waals surface area contributed by atoms with E-state index in [2.05, 4.69) is 0 Å². The monoisotopic (exact) mass is 348 g/mol. The average Bonchev–Trinajstić information content (AvgIpc) is 2.52. The zero-order valence-electron chi connectivity index (χ0n) is 14.4. The first-order chi connectivity index (χ1) is 11.2. The van der Waals surface area contributed by atoms with Crippen molar-refractivity contribution >= 4 is 11.8 Å². The highest BCUT2D eigenvalue weighted by Gasteiger charge is 2.43. The molecule has 7 heteroatoms. The van der Waals surface area contributed by atoms with Gasteiger partial charge in [0, 0.05) is 26.1 Å². The number of halogens is 3. The highest BCUT2D eigenvalue weighted by molar-refractivity contribution is 5.88. The Kier molecular flexibility index (Phi) is 6.15. The van der Waals surface area contributed by atoms with Gasteiger partial charge in [-0.25, -0.2) is 0 Å². The molecule has 1 atom stereocenters. The maximum absolute atomic E-state index is 12.9. The fourth-order valence-corrected chi connectivity index (χ4v) is 3.60. The number of hydrogen-bond acceptors (Lipinski definition) is 2. The van der Waals surface area contributed by atoms with Crippen LogP contribution < -0.4 is 0 Å². The number of amides is 2. The van der Waals surface area contributed by atoms with E-state index in [0.717, 1.165) is 12.8 Å². The summed E-state index contributed by atoms with van der Waals surface area (Å²) < 4.78 is 38.4. The lowest BCUT2D eigenvalue weighted by molar-refractivity contribution is -0.187. The molecule has 0 aromatic carbocycles.